The first-order chi connectivity index (χ1) is 16.4. The number of alkyl carbamates (subject to hydrolysis) is 2. The van der Waals surface area contributed by atoms with Crippen molar-refractivity contribution >= 4 is 29.8 Å². The fourth-order valence-electron chi connectivity index (χ4n) is 3.11. The lowest BCUT2D eigenvalue weighted by Gasteiger charge is -2.24. The molecular weight excluding hydrogens is 484 g/mol. The van der Waals surface area contributed by atoms with Gasteiger partial charge in [0.1, 0.15) is 0 Å². The Morgan fingerprint density at radius 2 is 0.853 bits per heavy atom. The summed E-state index contributed by atoms with van der Waals surface area (Å²) >= 11 is 0. The summed E-state index contributed by atoms with van der Waals surface area (Å²) < 4.78 is 42.2. The fourth-order valence-corrected chi connectivity index (χ4v) is 6.49. The lowest BCUT2D eigenvalue weighted by atomic mass is 10.2. The van der Waals surface area contributed by atoms with Gasteiger partial charge in [-0.3, -0.25) is 0 Å². The van der Waals surface area contributed by atoms with Crippen LogP contribution in [0.1, 0.15) is 38.5 Å². The van der Waals surface area contributed by atoms with Gasteiger partial charge in [0.05, 0.1) is 13.2 Å². The average molecular weight is 529 g/mol. The van der Waals surface area contributed by atoms with Crippen LogP contribution in [-0.4, -0.2) is 98.8 Å². The van der Waals surface area contributed by atoms with E-state index in [4.69, 9.17) is 36.0 Å². The SMILES string of the molecule is CO[Si](CCCOC(=O)NCCCCCCNC(=O)OCCC[Si](OC)(OC)OC)(OC)OC. The minimum atomic E-state index is -2.62. The van der Waals surface area contributed by atoms with E-state index in [1.54, 1.807) is 42.7 Å². The van der Waals surface area contributed by atoms with E-state index in [0.717, 1.165) is 25.7 Å². The number of unbranched alkanes of at least 4 members (excludes halogenated alkanes) is 3. The molecule has 0 aliphatic rings. The lowest BCUT2D eigenvalue weighted by molar-refractivity contribution is 0.115. The molecule has 14 heteroatoms. The standard InChI is InChI=1S/C20H44N2O10Si2/c1-25-33(26-2,27-3)17-11-15-31-19(23)21-13-9-7-8-10-14-22-20(24)32-16-12-18-34(28-4,29-5)30-6/h7-18H2,1-6H3,(H,21,23)(H,22,24). The first-order valence-corrected chi connectivity index (χ1v) is 15.3. The number of hydrogen-bond acceptors (Lipinski definition) is 10. The molecule has 0 spiro atoms. The van der Waals surface area contributed by atoms with Crippen molar-refractivity contribution < 1.29 is 45.6 Å². The van der Waals surface area contributed by atoms with Gasteiger partial charge in [0.25, 0.3) is 0 Å². The van der Waals surface area contributed by atoms with Crippen molar-refractivity contribution in [1.82, 2.24) is 10.6 Å². The third kappa shape index (κ3) is 14.2. The minimum absolute atomic E-state index is 0.270. The molecule has 34 heavy (non-hydrogen) atoms. The second kappa shape index (κ2) is 20.0. The van der Waals surface area contributed by atoms with Gasteiger partial charge >= 0.3 is 29.8 Å². The van der Waals surface area contributed by atoms with Gasteiger partial charge in [0.15, 0.2) is 0 Å². The summed E-state index contributed by atoms with van der Waals surface area (Å²) in [5.41, 5.74) is 0. The molecule has 0 aromatic carbocycles. The number of nitrogens with one attached hydrogen (secondary N) is 2. The van der Waals surface area contributed by atoms with Crippen LogP contribution in [0.5, 0.6) is 0 Å². The largest absolute Gasteiger partial charge is 0.500 e. The van der Waals surface area contributed by atoms with E-state index < -0.39 is 29.8 Å². The van der Waals surface area contributed by atoms with Crippen LogP contribution in [0.2, 0.25) is 12.1 Å². The number of carbonyl (C=O) groups is 2. The molecule has 2 N–H and O–H groups in total. The number of carbonyl (C=O) groups excluding carboxylic acids is 2. The molecule has 0 aliphatic heterocycles. The van der Waals surface area contributed by atoms with Crippen LogP contribution in [0.4, 0.5) is 9.59 Å². The molecule has 0 radical (unpaired) electrons. The van der Waals surface area contributed by atoms with Crippen LogP contribution in [0.25, 0.3) is 0 Å². The van der Waals surface area contributed by atoms with Crippen LogP contribution < -0.4 is 10.6 Å². The summed E-state index contributed by atoms with van der Waals surface area (Å²) in [5, 5.41) is 5.45. The van der Waals surface area contributed by atoms with E-state index >= 15 is 0 Å². The number of amides is 2. The number of ether oxygens (including phenoxy) is 2. The van der Waals surface area contributed by atoms with Gasteiger partial charge in [-0.25, -0.2) is 9.59 Å². The van der Waals surface area contributed by atoms with Crippen LogP contribution in [-0.2, 0) is 36.0 Å². The van der Waals surface area contributed by atoms with E-state index in [0.29, 0.717) is 38.0 Å². The summed E-state index contributed by atoms with van der Waals surface area (Å²) in [7, 11) is 4.07. The van der Waals surface area contributed by atoms with Crippen LogP contribution >= 0.6 is 0 Å². The summed E-state index contributed by atoms with van der Waals surface area (Å²) in [4.78, 5) is 23.4. The maximum Gasteiger partial charge on any atom is 0.500 e. The molecule has 0 bridgehead atoms. The Labute approximate surface area is 206 Å². The lowest BCUT2D eigenvalue weighted by Crippen LogP contribution is -2.42. The third-order valence-corrected chi connectivity index (χ3v) is 10.9. The predicted molar refractivity (Wildman–Crippen MR) is 130 cm³/mol. The number of rotatable bonds is 21. The van der Waals surface area contributed by atoms with Gasteiger partial charge in [-0.05, 0) is 25.7 Å². The van der Waals surface area contributed by atoms with Crippen LogP contribution in [0.3, 0.4) is 0 Å². The molecule has 0 atom stereocenters. The first kappa shape index (κ1) is 32.7. The van der Waals surface area contributed by atoms with Crippen LogP contribution in [0, 0.1) is 0 Å². The minimum Gasteiger partial charge on any atom is -0.450 e. The molecule has 0 rings (SSSR count). The van der Waals surface area contributed by atoms with E-state index in [-0.39, 0.29) is 13.2 Å². The molecule has 0 aromatic rings. The van der Waals surface area contributed by atoms with Gasteiger partial charge in [-0.2, -0.15) is 0 Å². The Morgan fingerprint density at radius 1 is 0.529 bits per heavy atom. The Kier molecular flexibility index (Phi) is 19.2. The quantitative estimate of drug-likeness (QED) is 0.169. The van der Waals surface area contributed by atoms with E-state index in [2.05, 4.69) is 10.6 Å². The topological polar surface area (TPSA) is 132 Å². The molecule has 0 unspecified atom stereocenters. The normalized spacial score (nSPS) is 11.8. The second-order valence-corrected chi connectivity index (χ2v) is 13.5. The van der Waals surface area contributed by atoms with E-state index in [1.807, 2.05) is 0 Å². The molecule has 0 fully saturated rings. The zero-order valence-corrected chi connectivity index (χ0v) is 23.6. The van der Waals surface area contributed by atoms with E-state index in [1.165, 1.54) is 0 Å². The number of hydrogen-bond donors (Lipinski definition) is 2. The highest BCUT2D eigenvalue weighted by Gasteiger charge is 2.37. The van der Waals surface area contributed by atoms with Gasteiger partial charge < -0.3 is 46.7 Å². The first-order valence-electron chi connectivity index (χ1n) is 11.5. The second-order valence-electron chi connectivity index (χ2n) is 7.34. The molecular formula is C20H44N2O10Si2. The van der Waals surface area contributed by atoms with Crippen molar-refractivity contribution in [1.29, 1.82) is 0 Å². The zero-order chi connectivity index (χ0) is 25.7. The molecule has 0 saturated heterocycles. The molecule has 0 saturated carbocycles. The van der Waals surface area contributed by atoms with Gasteiger partial charge in [0, 0.05) is 67.8 Å². The van der Waals surface area contributed by atoms with Crippen molar-refractivity contribution in [2.75, 3.05) is 69.0 Å². The molecule has 202 valence electrons. The maximum atomic E-state index is 11.7. The summed E-state index contributed by atoms with van der Waals surface area (Å²) in [6, 6.07) is 1.14. The van der Waals surface area contributed by atoms with Gasteiger partial charge in [0.2, 0.25) is 0 Å². The fraction of sp³-hybridized carbons (Fsp3) is 0.900. The molecule has 0 heterocycles. The third-order valence-electron chi connectivity index (χ3n) is 5.23. The highest BCUT2D eigenvalue weighted by Crippen LogP contribution is 2.15. The van der Waals surface area contributed by atoms with Crippen molar-refractivity contribution in [2.45, 2.75) is 50.6 Å². The smallest absolute Gasteiger partial charge is 0.450 e. The Balaban J connectivity index is 3.62. The van der Waals surface area contributed by atoms with Crippen molar-refractivity contribution in [3.63, 3.8) is 0 Å². The Bertz CT molecular complexity index is 475. The van der Waals surface area contributed by atoms with Gasteiger partial charge in [-0.1, -0.05) is 12.8 Å². The van der Waals surface area contributed by atoms with Gasteiger partial charge in [-0.15, -0.1) is 0 Å². The zero-order valence-electron chi connectivity index (χ0n) is 21.6. The average Bonchev–Trinajstić information content (AvgIpc) is 2.86. The summed E-state index contributed by atoms with van der Waals surface area (Å²) in [5.74, 6) is 0. The summed E-state index contributed by atoms with van der Waals surface area (Å²) in [6.07, 6.45) is 3.83. The van der Waals surface area contributed by atoms with Crippen LogP contribution in [0.15, 0.2) is 0 Å². The summed E-state index contributed by atoms with van der Waals surface area (Å²) in [6.45, 7) is 1.62. The predicted octanol–water partition coefficient (Wildman–Crippen LogP) is 2.54. The van der Waals surface area contributed by atoms with E-state index in [9.17, 15) is 9.59 Å². The Hall–Kier alpha value is -1.27. The Morgan fingerprint density at radius 3 is 1.15 bits per heavy atom. The van der Waals surface area contributed by atoms with Crippen molar-refractivity contribution in [3.05, 3.63) is 0 Å². The highest BCUT2D eigenvalue weighted by molar-refractivity contribution is 6.60. The molecule has 0 aromatic heterocycles. The van der Waals surface area contributed by atoms with Crippen molar-refractivity contribution in [3.8, 4) is 0 Å². The van der Waals surface area contributed by atoms with Crippen molar-refractivity contribution in [2.24, 2.45) is 0 Å². The maximum absolute atomic E-state index is 11.7. The monoisotopic (exact) mass is 528 g/mol. The molecule has 2 amide bonds. The molecule has 0 aliphatic carbocycles. The molecule has 12 nitrogen and oxygen atoms in total. The highest BCUT2D eigenvalue weighted by atomic mass is 28.4.